The highest BCUT2D eigenvalue weighted by atomic mass is 16.4. The van der Waals surface area contributed by atoms with Crippen LogP contribution in [0.1, 0.15) is 6.42 Å². The molecule has 60 valence electrons. The molecule has 0 fully saturated rings. The molecule has 0 aliphatic rings. The minimum Gasteiger partial charge on any atom is -0.481 e. The van der Waals surface area contributed by atoms with E-state index in [0.29, 0.717) is 0 Å². The number of carbonyl (C=O) groups is 2. The molecule has 0 heterocycles. The molecule has 0 atom stereocenters. The molecule has 0 aromatic heterocycles. The normalized spacial score (nSPS) is 7.40. The van der Waals surface area contributed by atoms with Crippen LogP contribution < -0.4 is 5.32 Å². The molecule has 0 amide bonds. The van der Waals surface area contributed by atoms with Gasteiger partial charge in [-0.15, -0.1) is 0 Å². The fourth-order valence-corrected chi connectivity index (χ4v) is 0.129. The molecule has 0 aromatic carbocycles. The fourth-order valence-electron chi connectivity index (χ4n) is 0.129. The summed E-state index contributed by atoms with van der Waals surface area (Å²) in [6.45, 7) is 0. The molecule has 0 aliphatic carbocycles. The van der Waals surface area contributed by atoms with Gasteiger partial charge in [0.05, 0.1) is 0 Å². The van der Waals surface area contributed by atoms with Crippen molar-refractivity contribution in [2.75, 3.05) is 14.1 Å². The average molecular weight is 149 g/mol. The van der Waals surface area contributed by atoms with Crippen molar-refractivity contribution in [1.82, 2.24) is 5.32 Å². The second-order valence-corrected chi connectivity index (χ2v) is 1.46. The molecule has 3 N–H and O–H groups in total. The maximum atomic E-state index is 9.43. The van der Waals surface area contributed by atoms with Crippen LogP contribution in [0.2, 0.25) is 0 Å². The molecule has 0 spiro atoms. The van der Waals surface area contributed by atoms with E-state index < -0.39 is 18.4 Å². The summed E-state index contributed by atoms with van der Waals surface area (Å²) >= 11 is 0. The second kappa shape index (κ2) is 7.90. The Balaban J connectivity index is 0. The van der Waals surface area contributed by atoms with Crippen molar-refractivity contribution in [2.24, 2.45) is 0 Å². The van der Waals surface area contributed by atoms with Gasteiger partial charge in [0, 0.05) is 0 Å². The van der Waals surface area contributed by atoms with Gasteiger partial charge in [-0.1, -0.05) is 0 Å². The van der Waals surface area contributed by atoms with Crippen LogP contribution in [0, 0.1) is 0 Å². The lowest BCUT2D eigenvalue weighted by molar-refractivity contribution is -0.147. The van der Waals surface area contributed by atoms with Crippen molar-refractivity contribution in [1.29, 1.82) is 0 Å². The molecule has 0 aromatic rings. The molecular formula is C5H11NO4. The Kier molecular flexibility index (Phi) is 9.22. The van der Waals surface area contributed by atoms with Gasteiger partial charge < -0.3 is 15.5 Å². The Bertz CT molecular complexity index is 100. The zero-order chi connectivity index (χ0) is 8.57. The summed E-state index contributed by atoms with van der Waals surface area (Å²) in [5, 5.41) is 18.2. The van der Waals surface area contributed by atoms with Gasteiger partial charge in [0.1, 0.15) is 6.42 Å². The quantitative estimate of drug-likeness (QED) is 0.455. The standard InChI is InChI=1S/C3H4O4.C2H7N/c4-2(5)1-3(6)7;1-3-2/h1H2,(H,4,5)(H,6,7);3H,1-2H3. The van der Waals surface area contributed by atoms with Crippen molar-refractivity contribution in [3.63, 3.8) is 0 Å². The monoisotopic (exact) mass is 149 g/mol. The molecule has 0 unspecified atom stereocenters. The van der Waals surface area contributed by atoms with E-state index in [2.05, 4.69) is 5.32 Å². The van der Waals surface area contributed by atoms with Crippen LogP contribution >= 0.6 is 0 Å². The first-order valence-electron chi connectivity index (χ1n) is 2.56. The van der Waals surface area contributed by atoms with E-state index in [-0.39, 0.29) is 0 Å². The smallest absolute Gasteiger partial charge is 0.314 e. The van der Waals surface area contributed by atoms with Gasteiger partial charge in [-0.3, -0.25) is 9.59 Å². The first kappa shape index (κ1) is 11.7. The number of aliphatic carboxylic acids is 2. The molecule has 10 heavy (non-hydrogen) atoms. The summed E-state index contributed by atoms with van der Waals surface area (Å²) in [6, 6.07) is 0. The Morgan fingerprint density at radius 3 is 1.40 bits per heavy atom. The van der Waals surface area contributed by atoms with E-state index in [0.717, 1.165) is 0 Å². The third kappa shape index (κ3) is 28.6. The highest BCUT2D eigenvalue weighted by molar-refractivity contribution is 5.88. The number of carboxylic acid groups (broad SMARTS) is 2. The van der Waals surface area contributed by atoms with E-state index in [9.17, 15) is 9.59 Å². The number of rotatable bonds is 2. The number of hydrogen-bond acceptors (Lipinski definition) is 3. The first-order valence-corrected chi connectivity index (χ1v) is 2.56. The summed E-state index contributed by atoms with van der Waals surface area (Å²) in [7, 11) is 3.75. The zero-order valence-corrected chi connectivity index (χ0v) is 5.92. The molecule has 0 aliphatic heterocycles. The highest BCUT2D eigenvalue weighted by Crippen LogP contribution is 1.74. The summed E-state index contributed by atoms with van der Waals surface area (Å²) in [6.07, 6.45) is -0.806. The van der Waals surface area contributed by atoms with Crippen molar-refractivity contribution in [2.45, 2.75) is 6.42 Å². The summed E-state index contributed by atoms with van der Waals surface area (Å²) in [5.41, 5.74) is 0. The van der Waals surface area contributed by atoms with Crippen LogP contribution in [0.5, 0.6) is 0 Å². The predicted octanol–water partition coefficient (Wildman–Crippen LogP) is -0.619. The lowest BCUT2D eigenvalue weighted by Crippen LogP contribution is -2.03. The lowest BCUT2D eigenvalue weighted by Gasteiger charge is -1.80. The maximum absolute atomic E-state index is 9.43. The second-order valence-electron chi connectivity index (χ2n) is 1.46. The van der Waals surface area contributed by atoms with Gasteiger partial charge in [-0.2, -0.15) is 0 Å². The molecule has 5 nitrogen and oxygen atoms in total. The van der Waals surface area contributed by atoms with Crippen molar-refractivity contribution in [3.05, 3.63) is 0 Å². The van der Waals surface area contributed by atoms with Gasteiger partial charge in [0.25, 0.3) is 0 Å². The van der Waals surface area contributed by atoms with E-state index in [4.69, 9.17) is 10.2 Å². The van der Waals surface area contributed by atoms with Gasteiger partial charge >= 0.3 is 11.9 Å². The molecular weight excluding hydrogens is 138 g/mol. The van der Waals surface area contributed by atoms with Gasteiger partial charge in [0.15, 0.2) is 0 Å². The first-order chi connectivity index (χ1) is 4.54. The van der Waals surface area contributed by atoms with Crippen molar-refractivity contribution in [3.8, 4) is 0 Å². The van der Waals surface area contributed by atoms with Gasteiger partial charge in [-0.05, 0) is 14.1 Å². The largest absolute Gasteiger partial charge is 0.481 e. The molecule has 0 bridgehead atoms. The van der Waals surface area contributed by atoms with Crippen LogP contribution in [0.4, 0.5) is 0 Å². The summed E-state index contributed by atoms with van der Waals surface area (Å²) in [5.74, 6) is -2.62. The Morgan fingerprint density at radius 2 is 1.40 bits per heavy atom. The zero-order valence-electron chi connectivity index (χ0n) is 5.92. The average Bonchev–Trinajstić information content (AvgIpc) is 1.62. The SMILES string of the molecule is CNC.O=C(O)CC(=O)O. The Labute approximate surface area is 58.7 Å². The molecule has 0 radical (unpaired) electrons. The van der Waals surface area contributed by atoms with Crippen LogP contribution in [0.25, 0.3) is 0 Å². The highest BCUT2D eigenvalue weighted by Gasteiger charge is 2.01. The number of carboxylic acids is 2. The minimum atomic E-state index is -1.31. The predicted molar refractivity (Wildman–Crippen MR) is 34.9 cm³/mol. The Morgan fingerprint density at radius 1 is 1.20 bits per heavy atom. The number of hydrogen-bond donors (Lipinski definition) is 3. The molecule has 0 rings (SSSR count). The number of nitrogens with one attached hydrogen (secondary N) is 1. The van der Waals surface area contributed by atoms with Crippen LogP contribution in [-0.2, 0) is 9.59 Å². The van der Waals surface area contributed by atoms with Crippen molar-refractivity contribution >= 4 is 11.9 Å². The van der Waals surface area contributed by atoms with Crippen LogP contribution in [0.3, 0.4) is 0 Å². The molecule has 5 heteroatoms. The maximum Gasteiger partial charge on any atom is 0.314 e. The van der Waals surface area contributed by atoms with E-state index in [1.807, 2.05) is 14.1 Å². The van der Waals surface area contributed by atoms with Gasteiger partial charge in [0.2, 0.25) is 0 Å². The van der Waals surface area contributed by atoms with Gasteiger partial charge in [-0.25, -0.2) is 0 Å². The summed E-state index contributed by atoms with van der Waals surface area (Å²) in [4.78, 5) is 18.9. The van der Waals surface area contributed by atoms with E-state index >= 15 is 0 Å². The van der Waals surface area contributed by atoms with E-state index in [1.165, 1.54) is 0 Å². The topological polar surface area (TPSA) is 86.6 Å². The molecule has 0 saturated carbocycles. The van der Waals surface area contributed by atoms with Crippen LogP contribution in [-0.4, -0.2) is 36.2 Å². The third-order valence-corrected chi connectivity index (χ3v) is 0.302. The third-order valence-electron chi connectivity index (χ3n) is 0.302. The Hall–Kier alpha value is -1.10. The fraction of sp³-hybridized carbons (Fsp3) is 0.600. The van der Waals surface area contributed by atoms with Crippen LogP contribution in [0.15, 0.2) is 0 Å². The molecule has 0 saturated heterocycles. The van der Waals surface area contributed by atoms with E-state index in [1.54, 1.807) is 0 Å². The summed E-state index contributed by atoms with van der Waals surface area (Å²) < 4.78 is 0. The minimum absolute atomic E-state index is 0.806. The van der Waals surface area contributed by atoms with Crippen molar-refractivity contribution < 1.29 is 19.8 Å². The lowest BCUT2D eigenvalue weighted by atomic mass is 10.5.